The van der Waals surface area contributed by atoms with Gasteiger partial charge in [0, 0.05) is 31.7 Å². The number of aromatic nitrogens is 2. The highest BCUT2D eigenvalue weighted by molar-refractivity contribution is 5.54. The number of hydrogen-bond acceptors (Lipinski definition) is 5. The van der Waals surface area contributed by atoms with Gasteiger partial charge in [0.1, 0.15) is 24.0 Å². The Morgan fingerprint density at radius 2 is 2.17 bits per heavy atom. The molecule has 0 aliphatic carbocycles. The third-order valence-corrected chi connectivity index (χ3v) is 4.96. The maximum Gasteiger partial charge on any atom is 0.136 e. The fourth-order valence-electron chi connectivity index (χ4n) is 3.73. The van der Waals surface area contributed by atoms with Crippen LogP contribution in [0.15, 0.2) is 24.3 Å². The zero-order valence-electron chi connectivity index (χ0n) is 14.0. The Balaban J connectivity index is 1.75. The minimum absolute atomic E-state index is 0.245. The molecule has 2 aliphatic rings. The number of aryl methyl sites for hydroxylation is 1. The normalized spacial score (nSPS) is 19.9. The first-order chi connectivity index (χ1) is 11.7. The van der Waals surface area contributed by atoms with E-state index in [1.165, 1.54) is 11.1 Å². The second kappa shape index (κ2) is 6.40. The van der Waals surface area contributed by atoms with Crippen LogP contribution in [-0.4, -0.2) is 34.8 Å². The van der Waals surface area contributed by atoms with Gasteiger partial charge in [0.2, 0.25) is 0 Å². The molecular weight excluding hydrogens is 302 g/mol. The lowest BCUT2D eigenvalue weighted by Crippen LogP contribution is -2.38. The molecule has 2 aliphatic heterocycles. The molecule has 0 saturated carbocycles. The van der Waals surface area contributed by atoms with Gasteiger partial charge in [-0.05, 0) is 37.3 Å². The van der Waals surface area contributed by atoms with Crippen LogP contribution in [0.4, 0.5) is 5.82 Å². The summed E-state index contributed by atoms with van der Waals surface area (Å²) >= 11 is 0. The van der Waals surface area contributed by atoms with Crippen molar-refractivity contribution in [1.29, 1.82) is 0 Å². The van der Waals surface area contributed by atoms with Crippen molar-refractivity contribution in [2.24, 2.45) is 5.92 Å². The quantitative estimate of drug-likeness (QED) is 0.919. The summed E-state index contributed by atoms with van der Waals surface area (Å²) in [6.45, 7) is 4.52. The van der Waals surface area contributed by atoms with Crippen molar-refractivity contribution in [2.75, 3.05) is 24.6 Å². The van der Waals surface area contributed by atoms with Gasteiger partial charge < -0.3 is 14.7 Å². The Morgan fingerprint density at radius 3 is 3.04 bits per heavy atom. The summed E-state index contributed by atoms with van der Waals surface area (Å²) in [7, 11) is 0. The highest BCUT2D eigenvalue weighted by atomic mass is 16.5. The summed E-state index contributed by atoms with van der Waals surface area (Å²) in [5.41, 5.74) is 3.34. The second-order valence-corrected chi connectivity index (χ2v) is 6.73. The number of aliphatic hydroxyl groups is 1. The van der Waals surface area contributed by atoms with Gasteiger partial charge in [0.15, 0.2) is 0 Å². The Labute approximate surface area is 142 Å². The summed E-state index contributed by atoms with van der Waals surface area (Å²) in [6, 6.07) is 8.18. The van der Waals surface area contributed by atoms with Crippen molar-refractivity contribution in [3.8, 4) is 5.75 Å². The van der Waals surface area contributed by atoms with Crippen molar-refractivity contribution in [1.82, 2.24) is 9.97 Å². The topological polar surface area (TPSA) is 58.5 Å². The number of anilines is 1. The standard InChI is InChI=1S/C19H23N3O2/c1-13-20-17-12-24-18-7-3-2-6-15(18)9-16(17)19(21-13)22-8-4-5-14(10-22)11-23/h2-3,6-7,14,23H,4-5,8-12H2,1H3/t14-/m0/s1. The van der Waals surface area contributed by atoms with E-state index in [0.717, 1.165) is 55.4 Å². The highest BCUT2D eigenvalue weighted by Crippen LogP contribution is 2.33. The largest absolute Gasteiger partial charge is 0.487 e. The van der Waals surface area contributed by atoms with Gasteiger partial charge in [-0.3, -0.25) is 0 Å². The van der Waals surface area contributed by atoms with E-state index in [2.05, 4.69) is 16.0 Å². The second-order valence-electron chi connectivity index (χ2n) is 6.73. The van der Waals surface area contributed by atoms with Crippen LogP contribution in [0, 0.1) is 12.8 Å². The van der Waals surface area contributed by atoms with Gasteiger partial charge in [-0.25, -0.2) is 9.97 Å². The molecule has 0 amide bonds. The molecule has 24 heavy (non-hydrogen) atoms. The third kappa shape index (κ3) is 2.84. The van der Waals surface area contributed by atoms with E-state index in [9.17, 15) is 5.11 Å². The third-order valence-electron chi connectivity index (χ3n) is 4.96. The molecule has 1 atom stereocenters. The summed E-state index contributed by atoms with van der Waals surface area (Å²) in [5.74, 6) is 3.07. The average molecular weight is 325 g/mol. The Hall–Kier alpha value is -2.14. The van der Waals surface area contributed by atoms with E-state index in [-0.39, 0.29) is 6.61 Å². The van der Waals surface area contributed by atoms with Crippen LogP contribution >= 0.6 is 0 Å². The van der Waals surface area contributed by atoms with Crippen molar-refractivity contribution in [2.45, 2.75) is 32.8 Å². The first-order valence-corrected chi connectivity index (χ1v) is 8.67. The molecule has 0 bridgehead atoms. The molecule has 0 unspecified atom stereocenters. The van der Waals surface area contributed by atoms with Crippen LogP contribution < -0.4 is 9.64 Å². The van der Waals surface area contributed by atoms with Crippen LogP contribution in [0.25, 0.3) is 0 Å². The van der Waals surface area contributed by atoms with Gasteiger partial charge >= 0.3 is 0 Å². The smallest absolute Gasteiger partial charge is 0.136 e. The lowest BCUT2D eigenvalue weighted by atomic mass is 9.97. The monoisotopic (exact) mass is 325 g/mol. The van der Waals surface area contributed by atoms with Gasteiger partial charge in [-0.1, -0.05) is 18.2 Å². The fourth-order valence-corrected chi connectivity index (χ4v) is 3.73. The summed E-state index contributed by atoms with van der Waals surface area (Å²) in [6.07, 6.45) is 2.97. The molecule has 3 heterocycles. The van der Waals surface area contributed by atoms with Crippen LogP contribution in [-0.2, 0) is 13.0 Å². The summed E-state index contributed by atoms with van der Waals surface area (Å²) in [5, 5.41) is 9.54. The van der Waals surface area contributed by atoms with Crippen LogP contribution in [0.2, 0.25) is 0 Å². The molecule has 1 fully saturated rings. The molecule has 1 aromatic carbocycles. The van der Waals surface area contributed by atoms with Crippen molar-refractivity contribution >= 4 is 5.82 Å². The number of para-hydroxylation sites is 1. The maximum atomic E-state index is 9.54. The van der Waals surface area contributed by atoms with E-state index < -0.39 is 0 Å². The highest BCUT2D eigenvalue weighted by Gasteiger charge is 2.26. The molecule has 0 spiro atoms. The first-order valence-electron chi connectivity index (χ1n) is 8.67. The zero-order chi connectivity index (χ0) is 16.5. The fraction of sp³-hybridized carbons (Fsp3) is 0.474. The van der Waals surface area contributed by atoms with E-state index in [1.54, 1.807) is 0 Å². The lowest BCUT2D eigenvalue weighted by molar-refractivity contribution is 0.208. The van der Waals surface area contributed by atoms with Gasteiger partial charge in [-0.2, -0.15) is 0 Å². The van der Waals surface area contributed by atoms with Crippen molar-refractivity contribution < 1.29 is 9.84 Å². The molecule has 1 saturated heterocycles. The zero-order valence-corrected chi connectivity index (χ0v) is 14.0. The minimum atomic E-state index is 0.245. The first kappa shape index (κ1) is 15.4. The predicted octanol–water partition coefficient (Wildman–Crippen LogP) is 2.48. The molecular formula is C19H23N3O2. The Morgan fingerprint density at radius 1 is 1.29 bits per heavy atom. The van der Waals surface area contributed by atoms with Crippen molar-refractivity contribution in [3.05, 3.63) is 46.9 Å². The number of aliphatic hydroxyl groups excluding tert-OH is 1. The molecule has 126 valence electrons. The van der Waals surface area contributed by atoms with Gasteiger partial charge in [0.05, 0.1) is 5.69 Å². The maximum absolute atomic E-state index is 9.54. The molecule has 5 nitrogen and oxygen atoms in total. The number of piperidine rings is 1. The molecule has 1 N–H and O–H groups in total. The molecule has 5 heteroatoms. The Bertz CT molecular complexity index is 747. The van der Waals surface area contributed by atoms with Crippen LogP contribution in [0.3, 0.4) is 0 Å². The van der Waals surface area contributed by atoms with E-state index >= 15 is 0 Å². The lowest BCUT2D eigenvalue weighted by Gasteiger charge is -2.34. The number of benzene rings is 1. The average Bonchev–Trinajstić information content (AvgIpc) is 2.80. The molecule has 2 aromatic rings. The minimum Gasteiger partial charge on any atom is -0.487 e. The number of fused-ring (bicyclic) bond motifs is 2. The molecule has 1 aromatic heterocycles. The van der Waals surface area contributed by atoms with E-state index in [0.29, 0.717) is 12.5 Å². The number of rotatable bonds is 2. The van der Waals surface area contributed by atoms with Crippen LogP contribution in [0.5, 0.6) is 5.75 Å². The van der Waals surface area contributed by atoms with Gasteiger partial charge in [0.25, 0.3) is 0 Å². The van der Waals surface area contributed by atoms with E-state index in [4.69, 9.17) is 9.72 Å². The SMILES string of the molecule is Cc1nc2c(c(N3CCC[C@H](CO)C3)n1)Cc1ccccc1OC2. The molecule has 0 radical (unpaired) electrons. The van der Waals surface area contributed by atoms with E-state index in [1.807, 2.05) is 25.1 Å². The summed E-state index contributed by atoms with van der Waals surface area (Å²) in [4.78, 5) is 11.7. The summed E-state index contributed by atoms with van der Waals surface area (Å²) < 4.78 is 5.97. The van der Waals surface area contributed by atoms with Gasteiger partial charge in [-0.15, -0.1) is 0 Å². The van der Waals surface area contributed by atoms with Crippen LogP contribution in [0.1, 0.15) is 35.5 Å². The number of nitrogens with zero attached hydrogens (tertiary/aromatic N) is 3. The number of ether oxygens (including phenoxy) is 1. The predicted molar refractivity (Wildman–Crippen MR) is 92.4 cm³/mol. The Kier molecular flexibility index (Phi) is 4.10. The van der Waals surface area contributed by atoms with Crippen molar-refractivity contribution in [3.63, 3.8) is 0 Å². The molecule has 4 rings (SSSR count). The number of hydrogen-bond donors (Lipinski definition) is 1.